The first kappa shape index (κ1) is 11.5. The average molecular weight is 218 g/mol. The van der Waals surface area contributed by atoms with Gasteiger partial charge in [0.15, 0.2) is 0 Å². The molecule has 1 heterocycles. The summed E-state index contributed by atoms with van der Waals surface area (Å²) in [7, 11) is -2.87. The number of hydrogen-bond acceptors (Lipinski definition) is 3. The Morgan fingerprint density at radius 3 is 2.71 bits per heavy atom. The number of sulfone groups is 1. The van der Waals surface area contributed by atoms with Gasteiger partial charge in [0, 0.05) is 19.3 Å². The van der Waals surface area contributed by atoms with Crippen LogP contribution >= 0.6 is 0 Å². The summed E-state index contributed by atoms with van der Waals surface area (Å²) in [6.07, 6.45) is 3.25. The van der Waals surface area contributed by atoms with E-state index in [9.17, 15) is 8.42 Å². The first-order valence-corrected chi connectivity index (χ1v) is 6.92. The van der Waals surface area contributed by atoms with E-state index in [0.29, 0.717) is 5.84 Å². The molecule has 14 heavy (non-hydrogen) atoms. The van der Waals surface area contributed by atoms with Crippen molar-refractivity contribution in [3.05, 3.63) is 0 Å². The molecule has 1 aliphatic heterocycles. The van der Waals surface area contributed by atoms with E-state index in [1.54, 1.807) is 6.92 Å². The molecule has 1 atom stereocenters. The molecule has 1 fully saturated rings. The highest BCUT2D eigenvalue weighted by Gasteiger charge is 2.23. The molecule has 0 amide bonds. The van der Waals surface area contributed by atoms with Gasteiger partial charge < -0.3 is 4.90 Å². The zero-order valence-corrected chi connectivity index (χ0v) is 9.60. The van der Waals surface area contributed by atoms with Crippen LogP contribution in [0.5, 0.6) is 0 Å². The number of likely N-dealkylation sites (tertiary alicyclic amines) is 1. The molecule has 0 saturated carbocycles. The Morgan fingerprint density at radius 2 is 2.21 bits per heavy atom. The molecule has 0 aliphatic carbocycles. The zero-order valence-electron chi connectivity index (χ0n) is 8.78. The van der Waals surface area contributed by atoms with E-state index in [-0.39, 0.29) is 11.7 Å². The smallest absolute Gasteiger partial charge is 0.147 e. The molecule has 1 rings (SSSR count). The van der Waals surface area contributed by atoms with Crippen molar-refractivity contribution < 1.29 is 8.42 Å². The lowest BCUT2D eigenvalue weighted by Gasteiger charge is -2.33. The zero-order chi connectivity index (χ0) is 10.8. The van der Waals surface area contributed by atoms with Crippen molar-refractivity contribution in [2.75, 3.05) is 25.1 Å². The van der Waals surface area contributed by atoms with Crippen molar-refractivity contribution in [2.24, 2.45) is 5.92 Å². The van der Waals surface area contributed by atoms with E-state index in [2.05, 4.69) is 0 Å². The third-order valence-corrected chi connectivity index (χ3v) is 3.61. The SMILES string of the molecule is CC(=N)N1CCCC(CS(C)(=O)=O)C1. The summed E-state index contributed by atoms with van der Waals surface area (Å²) in [5, 5.41) is 7.49. The van der Waals surface area contributed by atoms with Crippen molar-refractivity contribution in [1.29, 1.82) is 5.41 Å². The van der Waals surface area contributed by atoms with Crippen LogP contribution in [-0.2, 0) is 9.84 Å². The Morgan fingerprint density at radius 1 is 1.57 bits per heavy atom. The monoisotopic (exact) mass is 218 g/mol. The van der Waals surface area contributed by atoms with Gasteiger partial charge in [-0.1, -0.05) is 0 Å². The average Bonchev–Trinajstić information content (AvgIpc) is 2.01. The van der Waals surface area contributed by atoms with Gasteiger partial charge in [0.25, 0.3) is 0 Å². The van der Waals surface area contributed by atoms with Gasteiger partial charge in [0.05, 0.1) is 11.6 Å². The molecule has 0 spiro atoms. The fourth-order valence-electron chi connectivity index (χ4n) is 1.93. The van der Waals surface area contributed by atoms with Gasteiger partial charge in [-0.2, -0.15) is 0 Å². The van der Waals surface area contributed by atoms with Gasteiger partial charge in [-0.15, -0.1) is 0 Å². The van der Waals surface area contributed by atoms with Crippen molar-refractivity contribution in [1.82, 2.24) is 4.90 Å². The summed E-state index contributed by atoms with van der Waals surface area (Å²) in [5.74, 6) is 1.01. The van der Waals surface area contributed by atoms with Crippen molar-refractivity contribution >= 4 is 15.7 Å². The Bertz CT molecular complexity index is 311. The molecule has 1 aliphatic rings. The van der Waals surface area contributed by atoms with E-state index >= 15 is 0 Å². The minimum absolute atomic E-state index is 0.207. The second-order valence-corrected chi connectivity index (χ2v) is 6.32. The topological polar surface area (TPSA) is 61.2 Å². The third kappa shape index (κ3) is 3.65. The quantitative estimate of drug-likeness (QED) is 0.549. The summed E-state index contributed by atoms with van der Waals surface area (Å²) in [6.45, 7) is 3.38. The Kier molecular flexibility index (Phi) is 3.53. The molecular weight excluding hydrogens is 200 g/mol. The fourth-order valence-corrected chi connectivity index (χ4v) is 3.06. The molecule has 0 aromatic heterocycles. The van der Waals surface area contributed by atoms with Crippen LogP contribution in [0.1, 0.15) is 19.8 Å². The summed E-state index contributed by atoms with van der Waals surface area (Å²) in [6, 6.07) is 0. The number of amidine groups is 1. The van der Waals surface area contributed by atoms with Gasteiger partial charge in [-0.3, -0.25) is 5.41 Å². The predicted octanol–water partition coefficient (Wildman–Crippen LogP) is 0.740. The first-order valence-electron chi connectivity index (χ1n) is 4.86. The first-order chi connectivity index (χ1) is 6.38. The van der Waals surface area contributed by atoms with Gasteiger partial charge in [-0.25, -0.2) is 8.42 Å². The highest BCUT2D eigenvalue weighted by Crippen LogP contribution is 2.17. The van der Waals surface area contributed by atoms with Crippen LogP contribution in [0.4, 0.5) is 0 Å². The normalized spacial score (nSPS) is 23.6. The van der Waals surface area contributed by atoms with Crippen molar-refractivity contribution in [3.8, 4) is 0 Å². The van der Waals surface area contributed by atoms with Gasteiger partial charge in [-0.05, 0) is 25.7 Å². The molecule has 5 heteroatoms. The maximum absolute atomic E-state index is 11.1. The number of piperidine rings is 1. The minimum atomic E-state index is -2.87. The standard InChI is InChI=1S/C9H18N2O2S/c1-8(10)11-5-3-4-9(6-11)7-14(2,12)13/h9-10H,3-7H2,1-2H3. The van der Waals surface area contributed by atoms with E-state index in [0.717, 1.165) is 25.9 Å². The lowest BCUT2D eigenvalue weighted by atomic mass is 10.0. The Labute approximate surface area is 85.7 Å². The molecule has 1 N–H and O–H groups in total. The summed E-state index contributed by atoms with van der Waals surface area (Å²) < 4.78 is 22.2. The molecule has 82 valence electrons. The third-order valence-electron chi connectivity index (χ3n) is 2.53. The highest BCUT2D eigenvalue weighted by atomic mass is 32.2. The van der Waals surface area contributed by atoms with Gasteiger partial charge in [0.1, 0.15) is 9.84 Å². The number of hydrogen-bond donors (Lipinski definition) is 1. The summed E-state index contributed by atoms with van der Waals surface area (Å²) in [5.41, 5.74) is 0. The number of rotatable bonds is 2. The Balaban J connectivity index is 2.52. The van der Waals surface area contributed by atoms with Gasteiger partial charge in [0.2, 0.25) is 0 Å². The van der Waals surface area contributed by atoms with Crippen LogP contribution < -0.4 is 0 Å². The summed E-state index contributed by atoms with van der Waals surface area (Å²) >= 11 is 0. The van der Waals surface area contributed by atoms with E-state index in [1.807, 2.05) is 4.90 Å². The fraction of sp³-hybridized carbons (Fsp3) is 0.889. The predicted molar refractivity (Wildman–Crippen MR) is 57.4 cm³/mol. The molecule has 0 radical (unpaired) electrons. The molecule has 4 nitrogen and oxygen atoms in total. The van der Waals surface area contributed by atoms with Crippen LogP contribution in [0.25, 0.3) is 0 Å². The molecule has 1 unspecified atom stereocenters. The van der Waals surface area contributed by atoms with Crippen LogP contribution in [0.3, 0.4) is 0 Å². The molecule has 0 aromatic carbocycles. The second kappa shape index (κ2) is 4.29. The lowest BCUT2D eigenvalue weighted by molar-refractivity contribution is 0.272. The Hall–Kier alpha value is -0.580. The maximum Gasteiger partial charge on any atom is 0.147 e. The van der Waals surface area contributed by atoms with E-state index in [4.69, 9.17) is 5.41 Å². The highest BCUT2D eigenvalue weighted by molar-refractivity contribution is 7.90. The summed E-state index contributed by atoms with van der Waals surface area (Å²) in [4.78, 5) is 1.96. The van der Waals surface area contributed by atoms with Crippen LogP contribution in [0.2, 0.25) is 0 Å². The van der Waals surface area contributed by atoms with Crippen molar-refractivity contribution in [2.45, 2.75) is 19.8 Å². The van der Waals surface area contributed by atoms with Crippen LogP contribution in [-0.4, -0.2) is 44.3 Å². The number of nitrogens with one attached hydrogen (secondary N) is 1. The molecular formula is C9H18N2O2S. The molecule has 0 bridgehead atoms. The molecule has 1 saturated heterocycles. The van der Waals surface area contributed by atoms with Crippen LogP contribution in [0.15, 0.2) is 0 Å². The van der Waals surface area contributed by atoms with E-state index < -0.39 is 9.84 Å². The van der Waals surface area contributed by atoms with Crippen molar-refractivity contribution in [3.63, 3.8) is 0 Å². The van der Waals surface area contributed by atoms with Gasteiger partial charge >= 0.3 is 0 Å². The van der Waals surface area contributed by atoms with E-state index in [1.165, 1.54) is 6.26 Å². The lowest BCUT2D eigenvalue weighted by Crippen LogP contribution is -2.40. The maximum atomic E-state index is 11.1. The second-order valence-electron chi connectivity index (χ2n) is 4.13. The minimum Gasteiger partial charge on any atom is -0.360 e. The van der Waals surface area contributed by atoms with Crippen LogP contribution in [0, 0.1) is 11.3 Å². The molecule has 0 aromatic rings. The number of nitrogens with zero attached hydrogens (tertiary/aromatic N) is 1. The largest absolute Gasteiger partial charge is 0.360 e.